The van der Waals surface area contributed by atoms with E-state index in [1.165, 1.54) is 0 Å². The molecule has 0 bridgehead atoms. The highest BCUT2D eigenvalue weighted by atomic mass is 35.5. The zero-order valence-electron chi connectivity index (χ0n) is 14.2. The predicted octanol–water partition coefficient (Wildman–Crippen LogP) is 4.03. The van der Waals surface area contributed by atoms with E-state index < -0.39 is 5.54 Å². The second-order valence-corrected chi connectivity index (χ2v) is 7.08. The van der Waals surface area contributed by atoms with Crippen molar-refractivity contribution in [2.45, 2.75) is 31.7 Å². The number of carbonyl (C=O) groups is 1. The molecule has 2 rings (SSSR count). The summed E-state index contributed by atoms with van der Waals surface area (Å²) in [4.78, 5) is 12.5. The van der Waals surface area contributed by atoms with E-state index in [1.54, 1.807) is 6.92 Å². The molecule has 2 aromatic rings. The van der Waals surface area contributed by atoms with Gasteiger partial charge in [-0.15, -0.1) is 12.4 Å². The highest BCUT2D eigenvalue weighted by Crippen LogP contribution is 2.24. The van der Waals surface area contributed by atoms with Gasteiger partial charge < -0.3 is 11.1 Å². The molecule has 130 valence electrons. The minimum absolute atomic E-state index is 0. The van der Waals surface area contributed by atoms with Gasteiger partial charge >= 0.3 is 0 Å². The fourth-order valence-corrected chi connectivity index (χ4v) is 2.53. The van der Waals surface area contributed by atoms with E-state index in [9.17, 15) is 4.79 Å². The molecule has 0 heterocycles. The van der Waals surface area contributed by atoms with Crippen LogP contribution in [0.2, 0.25) is 5.02 Å². The van der Waals surface area contributed by atoms with Gasteiger partial charge in [-0.25, -0.2) is 0 Å². The second-order valence-electron chi connectivity index (χ2n) is 6.64. The van der Waals surface area contributed by atoms with Gasteiger partial charge in [-0.2, -0.15) is 0 Å². The summed E-state index contributed by atoms with van der Waals surface area (Å²) >= 11 is 5.93. The normalized spacial score (nSPS) is 13.5. The van der Waals surface area contributed by atoms with Crippen LogP contribution >= 0.6 is 24.0 Å². The number of benzene rings is 2. The summed E-state index contributed by atoms with van der Waals surface area (Å²) in [5, 5.41) is 3.68. The maximum atomic E-state index is 12.5. The van der Waals surface area contributed by atoms with E-state index in [4.69, 9.17) is 17.3 Å². The molecule has 0 spiro atoms. The largest absolute Gasteiger partial charge is 0.353 e. The molecule has 5 heteroatoms. The SMILES string of the molecule is CC(C)(CNC(=O)C(C)(N)c1ccccc1)c1ccc(Cl)cc1.Cl. The number of nitrogens with two attached hydrogens (primary N) is 1. The lowest BCUT2D eigenvalue weighted by Gasteiger charge is -2.29. The molecule has 0 fully saturated rings. The number of hydrogen-bond donors (Lipinski definition) is 2. The number of carbonyl (C=O) groups excluding carboxylic acids is 1. The Morgan fingerprint density at radius 1 is 1.00 bits per heavy atom. The molecular formula is C19H24Cl2N2O. The molecule has 0 radical (unpaired) electrons. The molecule has 0 aliphatic rings. The van der Waals surface area contributed by atoms with E-state index in [-0.39, 0.29) is 23.7 Å². The van der Waals surface area contributed by atoms with Crippen LogP contribution in [0.15, 0.2) is 54.6 Å². The van der Waals surface area contributed by atoms with Crippen LogP contribution in [0.1, 0.15) is 31.9 Å². The van der Waals surface area contributed by atoms with Gasteiger partial charge in [-0.05, 0) is 30.2 Å². The monoisotopic (exact) mass is 366 g/mol. The Morgan fingerprint density at radius 3 is 2.08 bits per heavy atom. The van der Waals surface area contributed by atoms with Crippen molar-refractivity contribution < 1.29 is 4.79 Å². The molecule has 3 N–H and O–H groups in total. The lowest BCUT2D eigenvalue weighted by Crippen LogP contribution is -2.51. The average molecular weight is 367 g/mol. The van der Waals surface area contributed by atoms with Gasteiger partial charge in [0.25, 0.3) is 0 Å². The first kappa shape index (κ1) is 20.5. The molecule has 0 saturated carbocycles. The Morgan fingerprint density at radius 2 is 1.54 bits per heavy atom. The Balaban J connectivity index is 0.00000288. The Kier molecular flexibility index (Phi) is 6.85. The van der Waals surface area contributed by atoms with Crippen molar-refractivity contribution in [1.29, 1.82) is 0 Å². The van der Waals surface area contributed by atoms with Crippen LogP contribution in [0, 0.1) is 0 Å². The van der Waals surface area contributed by atoms with Gasteiger partial charge in [0.2, 0.25) is 5.91 Å². The topological polar surface area (TPSA) is 55.1 Å². The molecule has 1 unspecified atom stereocenters. The van der Waals surface area contributed by atoms with Crippen molar-refractivity contribution in [3.05, 3.63) is 70.7 Å². The number of halogens is 2. The molecule has 1 atom stereocenters. The van der Waals surface area contributed by atoms with Crippen molar-refractivity contribution in [3.63, 3.8) is 0 Å². The predicted molar refractivity (Wildman–Crippen MR) is 103 cm³/mol. The van der Waals surface area contributed by atoms with Crippen LogP contribution in [-0.2, 0) is 15.7 Å². The summed E-state index contributed by atoms with van der Waals surface area (Å²) < 4.78 is 0. The smallest absolute Gasteiger partial charge is 0.244 e. The zero-order chi connectivity index (χ0) is 17.1. The second kappa shape index (κ2) is 8.02. The van der Waals surface area contributed by atoms with Crippen LogP contribution in [0.3, 0.4) is 0 Å². The van der Waals surface area contributed by atoms with Gasteiger partial charge in [-0.1, -0.05) is 67.9 Å². The summed E-state index contributed by atoms with van der Waals surface area (Å²) in [5.41, 5.74) is 6.87. The molecule has 0 aliphatic heterocycles. The average Bonchev–Trinajstić information content (AvgIpc) is 2.54. The third-order valence-electron chi connectivity index (χ3n) is 4.16. The van der Waals surface area contributed by atoms with E-state index in [0.29, 0.717) is 11.6 Å². The quantitative estimate of drug-likeness (QED) is 0.838. The lowest BCUT2D eigenvalue weighted by atomic mass is 9.84. The molecular weight excluding hydrogens is 343 g/mol. The zero-order valence-corrected chi connectivity index (χ0v) is 15.7. The maximum absolute atomic E-state index is 12.5. The summed E-state index contributed by atoms with van der Waals surface area (Å²) in [5.74, 6) is -0.189. The number of rotatable bonds is 5. The van der Waals surface area contributed by atoms with E-state index >= 15 is 0 Å². The van der Waals surface area contributed by atoms with Crippen LogP contribution in [0.5, 0.6) is 0 Å². The minimum atomic E-state index is -1.06. The van der Waals surface area contributed by atoms with Crippen LogP contribution in [0.25, 0.3) is 0 Å². The first-order valence-electron chi connectivity index (χ1n) is 7.62. The summed E-state index contributed by atoms with van der Waals surface area (Å²) in [6.07, 6.45) is 0. The molecule has 1 amide bonds. The molecule has 0 saturated heterocycles. The first-order valence-corrected chi connectivity index (χ1v) is 8.00. The Labute approximate surface area is 155 Å². The van der Waals surface area contributed by atoms with Gasteiger partial charge in [0, 0.05) is 17.0 Å². The summed E-state index contributed by atoms with van der Waals surface area (Å²) in [6.45, 7) is 6.37. The third kappa shape index (κ3) is 4.73. The highest BCUT2D eigenvalue weighted by Gasteiger charge is 2.31. The first-order chi connectivity index (χ1) is 10.7. The molecule has 24 heavy (non-hydrogen) atoms. The van der Waals surface area contributed by atoms with Gasteiger partial charge in [0.1, 0.15) is 5.54 Å². The van der Waals surface area contributed by atoms with Crippen molar-refractivity contribution in [1.82, 2.24) is 5.32 Å². The van der Waals surface area contributed by atoms with E-state index in [1.807, 2.05) is 54.6 Å². The van der Waals surface area contributed by atoms with Crippen LogP contribution in [0.4, 0.5) is 0 Å². The van der Waals surface area contributed by atoms with Gasteiger partial charge in [-0.3, -0.25) is 4.79 Å². The van der Waals surface area contributed by atoms with Gasteiger partial charge in [0.15, 0.2) is 0 Å². The maximum Gasteiger partial charge on any atom is 0.244 e. The van der Waals surface area contributed by atoms with Crippen molar-refractivity contribution in [3.8, 4) is 0 Å². The molecule has 0 aliphatic carbocycles. The highest BCUT2D eigenvalue weighted by molar-refractivity contribution is 6.30. The molecule has 0 aromatic heterocycles. The standard InChI is InChI=1S/C19H23ClN2O.ClH/c1-18(2,14-9-11-16(20)12-10-14)13-22-17(23)19(3,21)15-7-5-4-6-8-15;/h4-12H,13,21H2,1-3H3,(H,22,23);1H. The number of amides is 1. The molecule has 2 aromatic carbocycles. The Hall–Kier alpha value is -1.55. The minimum Gasteiger partial charge on any atom is -0.353 e. The van der Waals surface area contributed by atoms with Crippen molar-refractivity contribution in [2.75, 3.05) is 6.54 Å². The lowest BCUT2D eigenvalue weighted by molar-refractivity contribution is -0.126. The van der Waals surface area contributed by atoms with Crippen molar-refractivity contribution in [2.24, 2.45) is 5.73 Å². The van der Waals surface area contributed by atoms with Gasteiger partial charge in [0.05, 0.1) is 0 Å². The fourth-order valence-electron chi connectivity index (χ4n) is 2.40. The Bertz CT molecular complexity index is 668. The van der Waals surface area contributed by atoms with Crippen LogP contribution < -0.4 is 11.1 Å². The van der Waals surface area contributed by atoms with Crippen LogP contribution in [-0.4, -0.2) is 12.5 Å². The third-order valence-corrected chi connectivity index (χ3v) is 4.41. The van der Waals surface area contributed by atoms with Crippen molar-refractivity contribution >= 4 is 29.9 Å². The fraction of sp³-hybridized carbons (Fsp3) is 0.316. The number of hydrogen-bond acceptors (Lipinski definition) is 2. The summed E-state index contributed by atoms with van der Waals surface area (Å²) in [7, 11) is 0. The van der Waals surface area contributed by atoms with E-state index in [2.05, 4.69) is 19.2 Å². The van der Waals surface area contributed by atoms with E-state index in [0.717, 1.165) is 11.1 Å². The number of nitrogens with one attached hydrogen (secondary N) is 1. The molecule has 3 nitrogen and oxygen atoms in total. The summed E-state index contributed by atoms with van der Waals surface area (Å²) in [6, 6.07) is 17.1.